The van der Waals surface area contributed by atoms with Crippen molar-refractivity contribution in [3.05, 3.63) is 108 Å². The van der Waals surface area contributed by atoms with Gasteiger partial charge in [0, 0.05) is 38.7 Å². The number of hydrogen-bond donors (Lipinski definition) is 1. The van der Waals surface area contributed by atoms with Crippen molar-refractivity contribution in [2.45, 2.75) is 39.7 Å². The van der Waals surface area contributed by atoms with E-state index in [2.05, 4.69) is 73.0 Å². The van der Waals surface area contributed by atoms with Crippen LogP contribution >= 0.6 is 11.3 Å². The summed E-state index contributed by atoms with van der Waals surface area (Å²) in [7, 11) is 0. The van der Waals surface area contributed by atoms with Crippen LogP contribution in [0.25, 0.3) is 21.5 Å². The fourth-order valence-electron chi connectivity index (χ4n) is 4.88. The lowest BCUT2D eigenvalue weighted by Gasteiger charge is -2.15. The van der Waals surface area contributed by atoms with Crippen LogP contribution in [0, 0.1) is 0 Å². The van der Waals surface area contributed by atoms with E-state index in [1.54, 1.807) is 17.5 Å². The van der Waals surface area contributed by atoms with Crippen LogP contribution in [-0.2, 0) is 4.74 Å². The highest BCUT2D eigenvalue weighted by Crippen LogP contribution is 2.37. The van der Waals surface area contributed by atoms with E-state index in [1.165, 1.54) is 11.3 Å². The topological polar surface area (TPSA) is 125 Å². The molecule has 0 amide bonds. The summed E-state index contributed by atoms with van der Waals surface area (Å²) in [5.41, 5.74) is 4.88. The second-order valence-electron chi connectivity index (χ2n) is 11.0. The molecule has 0 aliphatic heterocycles. The van der Waals surface area contributed by atoms with Gasteiger partial charge in [-0.15, -0.1) is 36.9 Å². The number of ether oxygens (including phenoxy) is 1. The molecule has 1 aromatic heterocycles. The average molecular weight is 655 g/mol. The third-order valence-electron chi connectivity index (χ3n) is 7.57. The predicted octanol–water partition coefficient (Wildman–Crippen LogP) is 12.5. The minimum atomic E-state index is -0.458. The van der Waals surface area contributed by atoms with E-state index in [0.29, 0.717) is 29.2 Å². The Morgan fingerprint density at radius 2 is 1.23 bits per heavy atom. The molecule has 1 unspecified atom stereocenters. The SMILES string of the molecule is CCCOC(=O)c1csc(N=Nc2ccc(N=Nc3ccc(N=Nc4ccc(NC(C)CC)c5ccccc45)c4ccccc34)cc2)n1. The van der Waals surface area contributed by atoms with Gasteiger partial charge in [0.15, 0.2) is 5.69 Å². The first-order valence-corrected chi connectivity index (χ1v) is 16.7. The van der Waals surface area contributed by atoms with Crippen molar-refractivity contribution in [3.63, 3.8) is 0 Å². The second-order valence-corrected chi connectivity index (χ2v) is 11.9. The zero-order chi connectivity index (χ0) is 33.3. The molecule has 0 saturated carbocycles. The summed E-state index contributed by atoms with van der Waals surface area (Å²) >= 11 is 1.23. The van der Waals surface area contributed by atoms with Gasteiger partial charge in [0.1, 0.15) is 0 Å². The molecule has 1 atom stereocenters. The molecule has 0 aliphatic carbocycles. The number of nitrogens with one attached hydrogen (secondary N) is 1. The normalized spacial score (nSPS) is 12.5. The van der Waals surface area contributed by atoms with Gasteiger partial charge in [-0.2, -0.15) is 5.11 Å². The van der Waals surface area contributed by atoms with Crippen molar-refractivity contribution in [1.82, 2.24) is 4.98 Å². The van der Waals surface area contributed by atoms with E-state index < -0.39 is 5.97 Å². The van der Waals surface area contributed by atoms with Gasteiger partial charge in [-0.25, -0.2) is 9.78 Å². The highest BCUT2D eigenvalue weighted by molar-refractivity contribution is 7.13. The van der Waals surface area contributed by atoms with Crippen molar-refractivity contribution >= 4 is 78.1 Å². The van der Waals surface area contributed by atoms with Crippen molar-refractivity contribution in [1.29, 1.82) is 0 Å². The van der Waals surface area contributed by atoms with Crippen LogP contribution in [0.3, 0.4) is 0 Å². The van der Waals surface area contributed by atoms with Crippen LogP contribution in [0.2, 0.25) is 0 Å². The molecule has 0 spiro atoms. The molecule has 0 radical (unpaired) electrons. The highest BCUT2D eigenvalue weighted by Gasteiger charge is 2.12. The Labute approximate surface area is 282 Å². The molecule has 10 nitrogen and oxygen atoms in total. The summed E-state index contributed by atoms with van der Waals surface area (Å²) in [6.45, 7) is 6.64. The fourth-order valence-corrected chi connectivity index (χ4v) is 5.49. The number of azo groups is 3. The number of esters is 1. The van der Waals surface area contributed by atoms with Gasteiger partial charge in [0.05, 0.1) is 35.0 Å². The van der Waals surface area contributed by atoms with Crippen LogP contribution in [-0.4, -0.2) is 23.6 Å². The number of nitrogens with zero attached hydrogens (tertiary/aromatic N) is 7. The van der Waals surface area contributed by atoms with Crippen molar-refractivity contribution < 1.29 is 9.53 Å². The molecular weight excluding hydrogens is 621 g/mol. The zero-order valence-electron chi connectivity index (χ0n) is 26.9. The minimum absolute atomic E-state index is 0.232. The average Bonchev–Trinajstić information content (AvgIpc) is 3.61. The molecule has 240 valence electrons. The Kier molecular flexibility index (Phi) is 10.3. The predicted molar refractivity (Wildman–Crippen MR) is 193 cm³/mol. The van der Waals surface area contributed by atoms with Crippen LogP contribution in [0.5, 0.6) is 0 Å². The van der Waals surface area contributed by atoms with Gasteiger partial charge in [-0.05, 0) is 68.3 Å². The van der Waals surface area contributed by atoms with Gasteiger partial charge in [0.25, 0.3) is 0 Å². The van der Waals surface area contributed by atoms with E-state index in [4.69, 9.17) is 4.74 Å². The Morgan fingerprint density at radius 3 is 1.81 bits per heavy atom. The van der Waals surface area contributed by atoms with Crippen LogP contribution < -0.4 is 5.32 Å². The van der Waals surface area contributed by atoms with E-state index in [9.17, 15) is 4.79 Å². The number of aromatic nitrogens is 1. The lowest BCUT2D eigenvalue weighted by atomic mass is 10.1. The lowest BCUT2D eigenvalue weighted by Crippen LogP contribution is -2.13. The summed E-state index contributed by atoms with van der Waals surface area (Å²) in [6, 6.07) is 31.7. The lowest BCUT2D eigenvalue weighted by molar-refractivity contribution is 0.0499. The smallest absolute Gasteiger partial charge is 0.357 e. The molecule has 11 heteroatoms. The summed E-state index contributed by atoms with van der Waals surface area (Å²) < 4.78 is 5.11. The van der Waals surface area contributed by atoms with E-state index in [-0.39, 0.29) is 5.69 Å². The Balaban J connectivity index is 1.18. The molecule has 0 aliphatic rings. The van der Waals surface area contributed by atoms with Crippen LogP contribution in [0.15, 0.2) is 133 Å². The molecule has 1 heterocycles. The number of fused-ring (bicyclic) bond motifs is 2. The number of carbonyl (C=O) groups is 1. The number of thiazole rings is 1. The quantitative estimate of drug-likeness (QED) is 0.104. The maximum atomic E-state index is 12.0. The number of carbonyl (C=O) groups excluding carboxylic acids is 1. The van der Waals surface area contributed by atoms with Crippen LogP contribution in [0.4, 0.5) is 39.3 Å². The zero-order valence-corrected chi connectivity index (χ0v) is 27.7. The molecule has 0 bridgehead atoms. The molecule has 5 aromatic carbocycles. The van der Waals surface area contributed by atoms with Gasteiger partial charge in [-0.3, -0.25) is 0 Å². The van der Waals surface area contributed by atoms with Crippen molar-refractivity contribution in [3.8, 4) is 0 Å². The summed E-state index contributed by atoms with van der Waals surface area (Å²) in [6.07, 6.45) is 1.79. The molecular formula is C37H34N8O2S. The Morgan fingerprint density at radius 1 is 0.708 bits per heavy atom. The first-order chi connectivity index (χ1) is 23.5. The van der Waals surface area contributed by atoms with E-state index >= 15 is 0 Å². The van der Waals surface area contributed by atoms with Gasteiger partial charge in [0.2, 0.25) is 5.13 Å². The van der Waals surface area contributed by atoms with Crippen molar-refractivity contribution in [2.24, 2.45) is 30.7 Å². The second kappa shape index (κ2) is 15.3. The molecule has 6 rings (SSSR count). The first-order valence-electron chi connectivity index (χ1n) is 15.8. The summed E-state index contributed by atoms with van der Waals surface area (Å²) in [5.74, 6) is -0.458. The van der Waals surface area contributed by atoms with E-state index in [0.717, 1.165) is 57.1 Å². The fraction of sp³-hybridized carbons (Fsp3) is 0.189. The Hall–Kier alpha value is -5.68. The number of anilines is 1. The molecule has 1 N–H and O–H groups in total. The maximum absolute atomic E-state index is 12.0. The third-order valence-corrected chi connectivity index (χ3v) is 8.30. The summed E-state index contributed by atoms with van der Waals surface area (Å²) in [5, 5.41) is 36.3. The number of rotatable bonds is 12. The maximum Gasteiger partial charge on any atom is 0.357 e. The number of hydrogen-bond acceptors (Lipinski definition) is 11. The molecule has 48 heavy (non-hydrogen) atoms. The Bertz CT molecular complexity index is 2140. The highest BCUT2D eigenvalue weighted by atomic mass is 32.1. The minimum Gasteiger partial charge on any atom is -0.461 e. The monoisotopic (exact) mass is 654 g/mol. The molecule has 6 aromatic rings. The van der Waals surface area contributed by atoms with Gasteiger partial charge in [-0.1, -0.05) is 62.4 Å². The van der Waals surface area contributed by atoms with Crippen LogP contribution in [0.1, 0.15) is 44.1 Å². The standard InChI is InChI=1S/C37H34N8O2S/c1-4-22-47-36(46)35-23-48-37(39-35)45-41-26-16-14-25(15-17-26)40-42-32-20-21-34(30-13-9-8-12-29(30)32)44-43-33-19-18-31(38-24(3)5-2)27-10-6-7-11-28(27)33/h6-21,23-24,38H,4-5,22H2,1-3H3. The largest absolute Gasteiger partial charge is 0.461 e. The number of benzene rings is 5. The molecule has 0 saturated heterocycles. The van der Waals surface area contributed by atoms with Crippen molar-refractivity contribution in [2.75, 3.05) is 11.9 Å². The van der Waals surface area contributed by atoms with Gasteiger partial charge < -0.3 is 10.1 Å². The van der Waals surface area contributed by atoms with E-state index in [1.807, 2.05) is 73.7 Å². The third kappa shape index (κ3) is 7.64. The van der Waals surface area contributed by atoms with Gasteiger partial charge >= 0.3 is 5.97 Å². The first kappa shape index (κ1) is 32.3. The molecule has 0 fully saturated rings. The summed E-state index contributed by atoms with van der Waals surface area (Å²) in [4.78, 5) is 16.1.